The summed E-state index contributed by atoms with van der Waals surface area (Å²) in [6.45, 7) is 16.9. The summed E-state index contributed by atoms with van der Waals surface area (Å²) in [6.07, 6.45) is 3.75. The monoisotopic (exact) mass is 561 g/mol. The Morgan fingerprint density at radius 2 is 1.73 bits per heavy atom. The van der Waals surface area contributed by atoms with Crippen LogP contribution in [0.15, 0.2) is 47.1 Å². The number of ether oxygens (including phenoxy) is 1. The van der Waals surface area contributed by atoms with Crippen molar-refractivity contribution in [1.82, 2.24) is 15.0 Å². The highest BCUT2D eigenvalue weighted by molar-refractivity contribution is 5.99. The minimum Gasteiger partial charge on any atom is -0.489 e. The van der Waals surface area contributed by atoms with Gasteiger partial charge in [0.1, 0.15) is 23.3 Å². The standard InChI is InChI=1S/C32H43N5O4/c1-20-14-22(34-29(39)35-28-16-27(41-36-28)30(2,3)4)11-10-21(20)15-26(38)25-13-12-23(19-33-25)40-24-17-31(5,6)37(9)32(7,8)18-24/h10-14,16,19,24H,15,17-18H2,1-9H3,(H2,34,35,36,39). The molecule has 41 heavy (non-hydrogen) atoms. The Bertz CT molecular complexity index is 1380. The van der Waals surface area contributed by atoms with Crippen LogP contribution in [0.4, 0.5) is 16.3 Å². The lowest BCUT2D eigenvalue weighted by Gasteiger charge is -2.53. The van der Waals surface area contributed by atoms with E-state index >= 15 is 0 Å². The second-order valence-corrected chi connectivity index (χ2v) is 13.4. The molecule has 0 bridgehead atoms. The zero-order valence-corrected chi connectivity index (χ0v) is 25.7. The molecule has 4 rings (SSSR count). The summed E-state index contributed by atoms with van der Waals surface area (Å²) in [4.78, 5) is 32.3. The Labute approximate surface area is 243 Å². The Morgan fingerprint density at radius 1 is 1.05 bits per heavy atom. The zero-order valence-electron chi connectivity index (χ0n) is 25.7. The largest absolute Gasteiger partial charge is 0.489 e. The van der Waals surface area contributed by atoms with Crippen LogP contribution >= 0.6 is 0 Å². The van der Waals surface area contributed by atoms with Gasteiger partial charge in [0.05, 0.1) is 6.20 Å². The average molecular weight is 562 g/mol. The van der Waals surface area contributed by atoms with Crippen molar-refractivity contribution < 1.29 is 18.8 Å². The molecule has 1 aromatic carbocycles. The van der Waals surface area contributed by atoms with Gasteiger partial charge in [-0.2, -0.15) is 0 Å². The molecule has 2 amide bonds. The SMILES string of the molecule is Cc1cc(NC(=O)Nc2cc(C(C)(C)C)on2)ccc1CC(=O)c1ccc(OC2CC(C)(C)N(C)C(C)(C)C2)cn1. The van der Waals surface area contributed by atoms with Crippen molar-refractivity contribution in [2.24, 2.45) is 0 Å². The fraction of sp³-hybridized carbons (Fsp3) is 0.500. The predicted molar refractivity (Wildman–Crippen MR) is 161 cm³/mol. The Hall–Kier alpha value is -3.72. The van der Waals surface area contributed by atoms with Gasteiger partial charge in [-0.3, -0.25) is 15.0 Å². The van der Waals surface area contributed by atoms with Gasteiger partial charge in [0.15, 0.2) is 11.6 Å². The summed E-state index contributed by atoms with van der Waals surface area (Å²) in [5.74, 6) is 1.61. The van der Waals surface area contributed by atoms with Crippen LogP contribution in [0.1, 0.15) is 88.7 Å². The number of anilines is 2. The molecule has 0 atom stereocenters. The van der Waals surface area contributed by atoms with Crippen LogP contribution in [0.3, 0.4) is 0 Å². The summed E-state index contributed by atoms with van der Waals surface area (Å²) < 4.78 is 11.6. The third-order valence-corrected chi connectivity index (χ3v) is 8.04. The molecule has 220 valence electrons. The lowest BCUT2D eigenvalue weighted by Crippen LogP contribution is -2.60. The Balaban J connectivity index is 1.33. The van der Waals surface area contributed by atoms with E-state index in [1.54, 1.807) is 24.4 Å². The number of nitrogens with zero attached hydrogens (tertiary/aromatic N) is 3. The van der Waals surface area contributed by atoms with Crippen molar-refractivity contribution >= 4 is 23.3 Å². The molecule has 0 aliphatic carbocycles. The van der Waals surface area contributed by atoms with Crippen molar-refractivity contribution in [3.63, 3.8) is 0 Å². The number of nitrogens with one attached hydrogen (secondary N) is 2. The average Bonchev–Trinajstić information content (AvgIpc) is 3.33. The molecule has 1 aliphatic heterocycles. The van der Waals surface area contributed by atoms with Crippen LogP contribution in [0.25, 0.3) is 0 Å². The molecular weight excluding hydrogens is 518 g/mol. The molecule has 2 N–H and O–H groups in total. The Kier molecular flexibility index (Phi) is 8.32. The number of likely N-dealkylation sites (tertiary alicyclic amines) is 1. The first kappa shape index (κ1) is 30.2. The fourth-order valence-electron chi connectivity index (χ4n) is 5.37. The van der Waals surface area contributed by atoms with Gasteiger partial charge in [0.2, 0.25) is 0 Å². The summed E-state index contributed by atoms with van der Waals surface area (Å²) in [5, 5.41) is 9.39. The number of hydrogen-bond acceptors (Lipinski definition) is 7. The summed E-state index contributed by atoms with van der Waals surface area (Å²) in [6, 6.07) is 10.3. The van der Waals surface area contributed by atoms with Crippen LogP contribution in [-0.2, 0) is 11.8 Å². The fourth-order valence-corrected chi connectivity index (χ4v) is 5.37. The summed E-state index contributed by atoms with van der Waals surface area (Å²) in [7, 11) is 2.17. The van der Waals surface area contributed by atoms with Gasteiger partial charge in [0.25, 0.3) is 0 Å². The number of Topliss-reactive ketones (excluding diaryl/α,β-unsaturated/α-hetero) is 1. The van der Waals surface area contributed by atoms with Gasteiger partial charge < -0.3 is 14.6 Å². The maximum absolute atomic E-state index is 13.0. The van der Waals surface area contributed by atoms with Crippen molar-refractivity contribution in [3.05, 3.63) is 65.2 Å². The van der Waals surface area contributed by atoms with Crippen LogP contribution in [0.2, 0.25) is 0 Å². The number of aryl methyl sites for hydroxylation is 1. The molecule has 0 saturated carbocycles. The molecular formula is C32H43N5O4. The van der Waals surface area contributed by atoms with E-state index in [0.29, 0.717) is 28.7 Å². The molecule has 1 aliphatic rings. The van der Waals surface area contributed by atoms with Gasteiger partial charge in [-0.05, 0) is 77.1 Å². The smallest absolute Gasteiger partial charge is 0.324 e. The number of aromatic nitrogens is 2. The topological polar surface area (TPSA) is 110 Å². The first-order valence-electron chi connectivity index (χ1n) is 14.1. The minimum atomic E-state index is -0.430. The van der Waals surface area contributed by atoms with Crippen LogP contribution in [0, 0.1) is 6.92 Å². The van der Waals surface area contributed by atoms with Gasteiger partial charge in [0, 0.05) is 47.5 Å². The van der Waals surface area contributed by atoms with Crippen molar-refractivity contribution in [3.8, 4) is 5.75 Å². The number of pyridine rings is 1. The number of piperidine rings is 1. The third-order valence-electron chi connectivity index (χ3n) is 8.04. The number of carbonyl (C=O) groups is 2. The molecule has 0 unspecified atom stereocenters. The molecule has 1 saturated heterocycles. The number of ketones is 1. The molecule has 0 spiro atoms. The highest BCUT2D eigenvalue weighted by atomic mass is 16.5. The van der Waals surface area contributed by atoms with E-state index in [1.807, 2.05) is 45.9 Å². The van der Waals surface area contributed by atoms with Crippen molar-refractivity contribution in [2.45, 2.75) is 97.2 Å². The van der Waals surface area contributed by atoms with Crippen molar-refractivity contribution in [1.29, 1.82) is 0 Å². The molecule has 0 radical (unpaired) electrons. The lowest BCUT2D eigenvalue weighted by molar-refractivity contribution is -0.0557. The highest BCUT2D eigenvalue weighted by Crippen LogP contribution is 2.38. The second kappa shape index (κ2) is 11.3. The summed E-state index contributed by atoms with van der Waals surface area (Å²) in [5.41, 5.74) is 2.59. The Morgan fingerprint density at radius 3 is 2.29 bits per heavy atom. The first-order valence-corrected chi connectivity index (χ1v) is 14.1. The molecule has 9 nitrogen and oxygen atoms in total. The number of benzene rings is 1. The van der Waals surface area contributed by atoms with Gasteiger partial charge >= 0.3 is 6.03 Å². The number of rotatable bonds is 7. The summed E-state index contributed by atoms with van der Waals surface area (Å²) >= 11 is 0. The maximum atomic E-state index is 13.0. The van der Waals surface area contributed by atoms with Crippen LogP contribution < -0.4 is 15.4 Å². The number of urea groups is 1. The minimum absolute atomic E-state index is 0.0235. The third kappa shape index (κ3) is 7.33. The highest BCUT2D eigenvalue weighted by Gasteiger charge is 2.44. The molecule has 1 fully saturated rings. The van der Waals surface area contributed by atoms with E-state index in [0.717, 1.165) is 24.0 Å². The maximum Gasteiger partial charge on any atom is 0.324 e. The molecule has 9 heteroatoms. The van der Waals surface area contributed by atoms with Crippen molar-refractivity contribution in [2.75, 3.05) is 17.7 Å². The first-order chi connectivity index (χ1) is 19.0. The van der Waals surface area contributed by atoms with Gasteiger partial charge in [-0.15, -0.1) is 0 Å². The van der Waals surface area contributed by atoms with Gasteiger partial charge in [-0.1, -0.05) is 32.0 Å². The van der Waals surface area contributed by atoms with E-state index in [1.165, 1.54) is 0 Å². The quantitative estimate of drug-likeness (QED) is 0.306. The normalized spacial score (nSPS) is 17.2. The van der Waals surface area contributed by atoms with Crippen LogP contribution in [-0.4, -0.2) is 51.1 Å². The lowest BCUT2D eigenvalue weighted by atomic mass is 9.79. The van der Waals surface area contributed by atoms with E-state index in [-0.39, 0.29) is 34.8 Å². The van der Waals surface area contributed by atoms with E-state index in [9.17, 15) is 9.59 Å². The number of hydrogen-bond donors (Lipinski definition) is 2. The van der Waals surface area contributed by atoms with Gasteiger partial charge in [-0.25, -0.2) is 9.78 Å². The van der Waals surface area contributed by atoms with Crippen LogP contribution in [0.5, 0.6) is 5.75 Å². The number of carbonyl (C=O) groups excluding carboxylic acids is 2. The number of amides is 2. The molecule has 3 heterocycles. The van der Waals surface area contributed by atoms with E-state index in [2.05, 4.69) is 60.4 Å². The second-order valence-electron chi connectivity index (χ2n) is 13.4. The molecule has 2 aromatic heterocycles. The predicted octanol–water partition coefficient (Wildman–Crippen LogP) is 6.78. The van der Waals surface area contributed by atoms with E-state index < -0.39 is 6.03 Å². The van der Waals surface area contributed by atoms with E-state index in [4.69, 9.17) is 9.26 Å². The zero-order chi connectivity index (χ0) is 30.2. The molecule has 3 aromatic rings.